The highest BCUT2D eigenvalue weighted by Gasteiger charge is 2.20. The van der Waals surface area contributed by atoms with Gasteiger partial charge in [-0.3, -0.25) is 14.2 Å². The van der Waals surface area contributed by atoms with Crippen LogP contribution in [-0.4, -0.2) is 60.6 Å². The summed E-state index contributed by atoms with van der Waals surface area (Å²) in [5, 5.41) is 9.71. The van der Waals surface area contributed by atoms with Crippen molar-refractivity contribution in [2.45, 2.75) is 44.4 Å². The van der Waals surface area contributed by atoms with Gasteiger partial charge in [-0.05, 0) is 30.7 Å². The lowest BCUT2D eigenvalue weighted by Crippen LogP contribution is -2.30. The van der Waals surface area contributed by atoms with E-state index in [2.05, 4.69) is 27.2 Å². The summed E-state index contributed by atoms with van der Waals surface area (Å²) in [6.45, 7) is 5.28. The first-order valence-corrected chi connectivity index (χ1v) is 12.9. The summed E-state index contributed by atoms with van der Waals surface area (Å²) < 4.78 is 3.31. The second kappa shape index (κ2) is 10.4. The van der Waals surface area contributed by atoms with Gasteiger partial charge in [-0.1, -0.05) is 30.8 Å². The van der Waals surface area contributed by atoms with E-state index in [1.54, 1.807) is 23.9 Å². The molecule has 0 atom stereocenters. The number of rotatable bonds is 9. The molecule has 0 unspecified atom stereocenters. The van der Waals surface area contributed by atoms with Crippen LogP contribution in [0.3, 0.4) is 0 Å². The first-order chi connectivity index (χ1) is 17.1. The van der Waals surface area contributed by atoms with Crippen LogP contribution in [0.2, 0.25) is 0 Å². The summed E-state index contributed by atoms with van der Waals surface area (Å²) in [5.41, 5.74) is 1.31. The van der Waals surface area contributed by atoms with Crippen molar-refractivity contribution in [3.05, 3.63) is 47.1 Å². The Morgan fingerprint density at radius 2 is 1.94 bits per heavy atom. The molecule has 1 aliphatic rings. The van der Waals surface area contributed by atoms with Crippen molar-refractivity contribution in [2.75, 3.05) is 30.3 Å². The van der Waals surface area contributed by atoms with Crippen molar-refractivity contribution < 1.29 is 4.79 Å². The molecule has 4 aromatic rings. The molecule has 1 aromatic carbocycles. The number of anilines is 1. The maximum atomic E-state index is 12.6. The fourth-order valence-electron chi connectivity index (χ4n) is 4.33. The number of benzene rings is 1. The smallest absolute Gasteiger partial charge is 0.261 e. The predicted molar refractivity (Wildman–Crippen MR) is 137 cm³/mol. The van der Waals surface area contributed by atoms with Crippen molar-refractivity contribution in [3.8, 4) is 0 Å². The highest BCUT2D eigenvalue weighted by molar-refractivity contribution is 7.99. The minimum atomic E-state index is -0.138. The third kappa shape index (κ3) is 5.00. The molecule has 3 aromatic heterocycles. The van der Waals surface area contributed by atoms with Crippen LogP contribution >= 0.6 is 11.8 Å². The number of carbonyl (C=O) groups excluding carboxylic acids is 1. The first-order valence-electron chi connectivity index (χ1n) is 12.0. The van der Waals surface area contributed by atoms with Crippen LogP contribution in [0.5, 0.6) is 0 Å². The second-order valence-electron chi connectivity index (χ2n) is 8.42. The van der Waals surface area contributed by atoms with Crippen LogP contribution < -0.4 is 15.8 Å². The lowest BCUT2D eigenvalue weighted by Gasteiger charge is -2.17. The van der Waals surface area contributed by atoms with Crippen LogP contribution in [0.4, 0.5) is 5.82 Å². The number of hydrogen-bond acceptors (Lipinski definition) is 8. The van der Waals surface area contributed by atoms with E-state index in [1.165, 1.54) is 23.7 Å². The summed E-state index contributed by atoms with van der Waals surface area (Å²) >= 11 is 1.62. The van der Waals surface area contributed by atoms with Crippen molar-refractivity contribution in [3.63, 3.8) is 0 Å². The molecule has 1 fully saturated rings. The normalized spacial score (nSPS) is 13.7. The summed E-state index contributed by atoms with van der Waals surface area (Å²) in [4.78, 5) is 41.2. The Morgan fingerprint density at radius 1 is 1.11 bits per heavy atom. The summed E-state index contributed by atoms with van der Waals surface area (Å²) in [7, 11) is 0. The molecule has 0 radical (unpaired) electrons. The first kappa shape index (κ1) is 23.3. The summed E-state index contributed by atoms with van der Waals surface area (Å²) in [5.74, 6) is 1.72. The predicted octanol–water partition coefficient (Wildman–Crippen LogP) is 2.45. The molecule has 182 valence electrons. The zero-order valence-corrected chi connectivity index (χ0v) is 20.5. The zero-order chi connectivity index (χ0) is 24.2. The molecule has 0 spiro atoms. The molecule has 4 heterocycles. The number of carbonyl (C=O) groups is 1. The molecular weight excluding hydrogens is 464 g/mol. The van der Waals surface area contributed by atoms with Crippen molar-refractivity contribution in [1.82, 2.24) is 34.6 Å². The molecule has 0 bridgehead atoms. The molecule has 35 heavy (non-hydrogen) atoms. The van der Waals surface area contributed by atoms with E-state index in [9.17, 15) is 9.59 Å². The van der Waals surface area contributed by atoms with E-state index in [4.69, 9.17) is 9.97 Å². The number of aromatic nitrogens is 6. The number of hydrogen-bond donors (Lipinski definition) is 1. The second-order valence-corrected chi connectivity index (χ2v) is 9.65. The van der Waals surface area contributed by atoms with Crippen molar-refractivity contribution in [1.29, 1.82) is 0 Å². The molecule has 11 heteroatoms. The SMILES string of the molecule is CCSc1nc(N2CCCC2)c2cnn(CCNC(=O)CCn3cnc4ccccc4c3=O)c2n1. The number of thioether (sulfide) groups is 1. The minimum Gasteiger partial charge on any atom is -0.356 e. The Hall–Kier alpha value is -3.47. The number of nitrogens with zero attached hydrogens (tertiary/aromatic N) is 7. The lowest BCUT2D eigenvalue weighted by atomic mass is 10.2. The van der Waals surface area contributed by atoms with Crippen LogP contribution in [0.1, 0.15) is 26.2 Å². The standard InChI is InChI=1S/C24H28N8O2S/c1-2-35-24-28-21(30-11-5-6-12-30)18-15-27-32(22(18)29-24)14-10-25-20(33)9-13-31-16-26-19-8-4-3-7-17(19)23(31)34/h3-4,7-8,15-16H,2,5-6,9-14H2,1H3,(H,25,33). The maximum Gasteiger partial charge on any atom is 0.261 e. The molecule has 1 saturated heterocycles. The van der Waals surface area contributed by atoms with Gasteiger partial charge in [0.1, 0.15) is 5.82 Å². The van der Waals surface area contributed by atoms with Gasteiger partial charge in [-0.15, -0.1) is 0 Å². The van der Waals surface area contributed by atoms with Crippen molar-refractivity contribution >= 4 is 45.4 Å². The fraction of sp³-hybridized carbons (Fsp3) is 0.417. The fourth-order valence-corrected chi connectivity index (χ4v) is 4.89. The summed E-state index contributed by atoms with van der Waals surface area (Å²) in [6, 6.07) is 7.21. The highest BCUT2D eigenvalue weighted by Crippen LogP contribution is 2.29. The van der Waals surface area contributed by atoms with Gasteiger partial charge in [0.2, 0.25) is 5.91 Å². The van der Waals surface area contributed by atoms with Gasteiger partial charge in [0.25, 0.3) is 5.56 Å². The molecule has 5 rings (SSSR count). The van der Waals surface area contributed by atoms with Gasteiger partial charge in [-0.25, -0.2) is 19.6 Å². The molecule has 1 amide bonds. The van der Waals surface area contributed by atoms with Gasteiger partial charge >= 0.3 is 0 Å². The van der Waals surface area contributed by atoms with Gasteiger partial charge in [-0.2, -0.15) is 5.10 Å². The number of amides is 1. The van der Waals surface area contributed by atoms with Gasteiger partial charge in [0.15, 0.2) is 10.8 Å². The Balaban J connectivity index is 1.22. The molecule has 1 aliphatic heterocycles. The van der Waals surface area contributed by atoms with Crippen LogP contribution in [0.25, 0.3) is 21.9 Å². The highest BCUT2D eigenvalue weighted by atomic mass is 32.2. The van der Waals surface area contributed by atoms with Gasteiger partial charge < -0.3 is 10.2 Å². The number of aryl methyl sites for hydroxylation is 1. The number of nitrogens with one attached hydrogen (secondary N) is 1. The van der Waals surface area contributed by atoms with E-state index in [1.807, 2.05) is 23.0 Å². The molecule has 0 aliphatic carbocycles. The van der Waals surface area contributed by atoms with E-state index in [0.717, 1.165) is 40.9 Å². The molecular formula is C24H28N8O2S. The zero-order valence-electron chi connectivity index (χ0n) is 19.7. The van der Waals surface area contributed by atoms with Crippen molar-refractivity contribution in [2.24, 2.45) is 0 Å². The Bertz CT molecular complexity index is 1410. The number of fused-ring (bicyclic) bond motifs is 2. The Morgan fingerprint density at radius 3 is 2.77 bits per heavy atom. The maximum absolute atomic E-state index is 12.6. The monoisotopic (exact) mass is 492 g/mol. The van der Waals surface area contributed by atoms with E-state index < -0.39 is 0 Å². The Kier molecular flexibility index (Phi) is 6.94. The van der Waals surface area contributed by atoms with Gasteiger partial charge in [0.05, 0.1) is 35.4 Å². The topological polar surface area (TPSA) is 111 Å². The van der Waals surface area contributed by atoms with Crippen LogP contribution in [-0.2, 0) is 17.9 Å². The average molecular weight is 493 g/mol. The Labute approximate surface area is 206 Å². The van der Waals surface area contributed by atoms with Crippen LogP contribution in [0, 0.1) is 0 Å². The van der Waals surface area contributed by atoms with E-state index >= 15 is 0 Å². The summed E-state index contributed by atoms with van der Waals surface area (Å²) in [6.07, 6.45) is 5.85. The molecule has 1 N–H and O–H groups in total. The third-order valence-electron chi connectivity index (χ3n) is 6.09. The lowest BCUT2D eigenvalue weighted by molar-refractivity contribution is -0.121. The van der Waals surface area contributed by atoms with Gasteiger partial charge in [0, 0.05) is 32.6 Å². The average Bonchev–Trinajstić information content (AvgIpc) is 3.54. The minimum absolute atomic E-state index is 0.129. The largest absolute Gasteiger partial charge is 0.356 e. The third-order valence-corrected chi connectivity index (χ3v) is 6.82. The van der Waals surface area contributed by atoms with E-state index in [-0.39, 0.29) is 24.4 Å². The molecule has 0 saturated carbocycles. The van der Waals surface area contributed by atoms with Crippen LogP contribution in [0.15, 0.2) is 46.7 Å². The number of para-hydroxylation sites is 1. The quantitative estimate of drug-likeness (QED) is 0.280. The van der Waals surface area contributed by atoms with E-state index in [0.29, 0.717) is 24.0 Å². The molecule has 10 nitrogen and oxygen atoms in total.